The Kier molecular flexibility index (Phi) is 3.98. The molecule has 0 saturated heterocycles. The quantitative estimate of drug-likeness (QED) is 0.671. The Morgan fingerprint density at radius 1 is 0.963 bits per heavy atom. The van der Waals surface area contributed by atoms with Gasteiger partial charge in [0, 0.05) is 24.6 Å². The number of benzene rings is 2. The molecular weight excluding hydrogens is 356 g/mol. The van der Waals surface area contributed by atoms with Gasteiger partial charge in [0.1, 0.15) is 5.15 Å². The molecule has 1 amide bonds. The zero-order chi connectivity index (χ0) is 18.4. The van der Waals surface area contributed by atoms with Crippen LogP contribution < -0.4 is 5.32 Å². The molecule has 3 nitrogen and oxygen atoms in total. The van der Waals surface area contributed by atoms with Crippen LogP contribution in [0.1, 0.15) is 50.9 Å². The SMILES string of the molecule is O=C(NCC1CC2c3ccccc3C1c1ccccc12)c1ccc(Cl)nc1. The van der Waals surface area contributed by atoms with Gasteiger partial charge in [-0.05, 0) is 46.7 Å². The summed E-state index contributed by atoms with van der Waals surface area (Å²) < 4.78 is 0. The number of amides is 1. The average Bonchev–Trinajstić information content (AvgIpc) is 2.72. The molecule has 3 aliphatic carbocycles. The highest BCUT2D eigenvalue weighted by Gasteiger charge is 2.42. The summed E-state index contributed by atoms with van der Waals surface area (Å²) >= 11 is 5.81. The Morgan fingerprint density at radius 3 is 2.19 bits per heavy atom. The monoisotopic (exact) mass is 374 g/mol. The summed E-state index contributed by atoms with van der Waals surface area (Å²) in [6, 6.07) is 20.9. The van der Waals surface area contributed by atoms with Crippen molar-refractivity contribution >= 4 is 17.5 Å². The van der Waals surface area contributed by atoms with E-state index >= 15 is 0 Å². The zero-order valence-electron chi connectivity index (χ0n) is 14.7. The normalized spacial score (nSPS) is 22.0. The van der Waals surface area contributed by atoms with Gasteiger partial charge in [-0.1, -0.05) is 60.1 Å². The number of carbonyl (C=O) groups excluding carboxylic acids is 1. The van der Waals surface area contributed by atoms with Crippen molar-refractivity contribution in [1.82, 2.24) is 10.3 Å². The van der Waals surface area contributed by atoms with Crippen molar-refractivity contribution in [1.29, 1.82) is 0 Å². The van der Waals surface area contributed by atoms with Crippen LogP contribution in [0.2, 0.25) is 5.15 Å². The predicted octanol–water partition coefficient (Wildman–Crippen LogP) is 4.76. The number of fused-ring (bicyclic) bond motifs is 1. The molecule has 0 fully saturated rings. The van der Waals surface area contributed by atoms with Gasteiger partial charge in [0.2, 0.25) is 0 Å². The largest absolute Gasteiger partial charge is 0.352 e. The summed E-state index contributed by atoms with van der Waals surface area (Å²) in [5.74, 6) is 1.05. The first kappa shape index (κ1) is 16.5. The minimum atomic E-state index is -0.0952. The first-order valence-corrected chi connectivity index (χ1v) is 9.67. The Bertz CT molecular complexity index is 967. The molecule has 0 saturated carbocycles. The van der Waals surface area contributed by atoms with Crippen LogP contribution >= 0.6 is 11.6 Å². The molecule has 0 aliphatic heterocycles. The fraction of sp³-hybridized carbons (Fsp3) is 0.217. The number of carbonyl (C=O) groups is 1. The van der Waals surface area contributed by atoms with Gasteiger partial charge in [-0.15, -0.1) is 0 Å². The van der Waals surface area contributed by atoms with E-state index in [9.17, 15) is 4.79 Å². The van der Waals surface area contributed by atoms with Crippen LogP contribution in [0.3, 0.4) is 0 Å². The maximum absolute atomic E-state index is 12.5. The number of pyridine rings is 1. The molecule has 1 aromatic heterocycles. The number of rotatable bonds is 3. The fourth-order valence-corrected chi connectivity index (χ4v) is 4.91. The number of halogens is 1. The third kappa shape index (κ3) is 2.74. The van der Waals surface area contributed by atoms with Gasteiger partial charge in [-0.2, -0.15) is 0 Å². The van der Waals surface area contributed by atoms with Gasteiger partial charge in [0.15, 0.2) is 0 Å². The van der Waals surface area contributed by atoms with Gasteiger partial charge < -0.3 is 5.32 Å². The molecule has 0 spiro atoms. The van der Waals surface area contributed by atoms with E-state index in [4.69, 9.17) is 11.6 Å². The van der Waals surface area contributed by atoms with E-state index in [2.05, 4.69) is 58.8 Å². The minimum absolute atomic E-state index is 0.0952. The van der Waals surface area contributed by atoms with Crippen LogP contribution in [0.25, 0.3) is 0 Å². The number of nitrogens with zero attached hydrogens (tertiary/aromatic N) is 1. The highest BCUT2D eigenvalue weighted by molar-refractivity contribution is 6.29. The number of aromatic nitrogens is 1. The van der Waals surface area contributed by atoms with E-state index in [1.54, 1.807) is 12.1 Å². The number of hydrogen-bond donors (Lipinski definition) is 1. The second-order valence-electron chi connectivity index (χ2n) is 7.36. The summed E-state index contributed by atoms with van der Waals surface area (Å²) in [6.07, 6.45) is 2.59. The Balaban J connectivity index is 1.42. The Labute approximate surface area is 163 Å². The molecule has 2 bridgehead atoms. The lowest BCUT2D eigenvalue weighted by molar-refractivity contribution is 0.0942. The summed E-state index contributed by atoms with van der Waals surface area (Å²) in [5.41, 5.74) is 6.28. The second kappa shape index (κ2) is 6.50. The van der Waals surface area contributed by atoms with Crippen molar-refractivity contribution in [2.45, 2.75) is 18.3 Å². The number of hydrogen-bond acceptors (Lipinski definition) is 2. The van der Waals surface area contributed by atoms with E-state index in [1.807, 2.05) is 0 Å². The van der Waals surface area contributed by atoms with E-state index < -0.39 is 0 Å². The third-order valence-corrected chi connectivity index (χ3v) is 6.16. The highest BCUT2D eigenvalue weighted by atomic mass is 35.5. The van der Waals surface area contributed by atoms with Crippen LogP contribution in [0.5, 0.6) is 0 Å². The lowest BCUT2D eigenvalue weighted by atomic mass is 9.59. The second-order valence-corrected chi connectivity index (χ2v) is 7.75. The molecular formula is C23H19ClN2O. The summed E-state index contributed by atoms with van der Waals surface area (Å²) in [6.45, 7) is 0.658. The fourth-order valence-electron chi connectivity index (χ4n) is 4.80. The Morgan fingerprint density at radius 2 is 1.59 bits per heavy atom. The van der Waals surface area contributed by atoms with E-state index in [0.29, 0.717) is 35.0 Å². The van der Waals surface area contributed by atoms with Gasteiger partial charge in [0.25, 0.3) is 5.91 Å². The van der Waals surface area contributed by atoms with Crippen LogP contribution in [-0.4, -0.2) is 17.4 Å². The van der Waals surface area contributed by atoms with Gasteiger partial charge in [-0.3, -0.25) is 4.79 Å². The molecule has 1 heterocycles. The zero-order valence-corrected chi connectivity index (χ0v) is 15.5. The van der Waals surface area contributed by atoms with Gasteiger partial charge in [0.05, 0.1) is 5.56 Å². The van der Waals surface area contributed by atoms with Crippen LogP contribution in [0, 0.1) is 5.92 Å². The molecule has 2 aromatic carbocycles. The van der Waals surface area contributed by atoms with Crippen molar-refractivity contribution < 1.29 is 4.79 Å². The predicted molar refractivity (Wildman–Crippen MR) is 106 cm³/mol. The molecule has 0 radical (unpaired) electrons. The molecule has 1 atom stereocenters. The van der Waals surface area contributed by atoms with Gasteiger partial charge >= 0.3 is 0 Å². The van der Waals surface area contributed by atoms with Gasteiger partial charge in [-0.25, -0.2) is 4.98 Å². The summed E-state index contributed by atoms with van der Waals surface area (Å²) in [5, 5.41) is 3.51. The third-order valence-electron chi connectivity index (χ3n) is 5.94. The lowest BCUT2D eigenvalue weighted by Gasteiger charge is -2.45. The van der Waals surface area contributed by atoms with E-state index in [1.165, 1.54) is 28.5 Å². The summed E-state index contributed by atoms with van der Waals surface area (Å²) in [4.78, 5) is 16.5. The lowest BCUT2D eigenvalue weighted by Crippen LogP contribution is -2.39. The molecule has 4 heteroatoms. The first-order chi connectivity index (χ1) is 13.2. The molecule has 1 N–H and O–H groups in total. The average molecular weight is 375 g/mol. The van der Waals surface area contributed by atoms with Crippen molar-refractivity contribution in [2.24, 2.45) is 5.92 Å². The maximum Gasteiger partial charge on any atom is 0.252 e. The Hall–Kier alpha value is -2.65. The molecule has 3 aromatic rings. The van der Waals surface area contributed by atoms with E-state index in [0.717, 1.165) is 6.42 Å². The molecule has 6 rings (SSSR count). The maximum atomic E-state index is 12.5. The minimum Gasteiger partial charge on any atom is -0.352 e. The molecule has 27 heavy (non-hydrogen) atoms. The van der Waals surface area contributed by atoms with Crippen LogP contribution in [0.4, 0.5) is 0 Å². The first-order valence-electron chi connectivity index (χ1n) is 9.30. The standard InChI is InChI=1S/C23H19ClN2O/c24-21-10-9-14(12-25-21)23(27)26-13-15-11-20-16-5-1-3-7-18(16)22(15)19-8-4-2-6-17(19)20/h1-10,12,15,20,22H,11,13H2,(H,26,27). The molecule has 134 valence electrons. The van der Waals surface area contributed by atoms with Crippen molar-refractivity contribution in [2.75, 3.05) is 6.54 Å². The smallest absolute Gasteiger partial charge is 0.252 e. The summed E-state index contributed by atoms with van der Waals surface area (Å²) in [7, 11) is 0. The van der Waals surface area contributed by atoms with Crippen molar-refractivity contribution in [3.8, 4) is 0 Å². The van der Waals surface area contributed by atoms with Crippen molar-refractivity contribution in [3.05, 3.63) is 99.8 Å². The molecule has 1 unspecified atom stereocenters. The van der Waals surface area contributed by atoms with Crippen molar-refractivity contribution in [3.63, 3.8) is 0 Å². The van der Waals surface area contributed by atoms with Crippen LogP contribution in [0.15, 0.2) is 66.9 Å². The van der Waals surface area contributed by atoms with E-state index in [-0.39, 0.29) is 5.91 Å². The highest BCUT2D eigenvalue weighted by Crippen LogP contribution is 2.55. The molecule has 3 aliphatic rings. The number of nitrogens with one attached hydrogen (secondary N) is 1. The van der Waals surface area contributed by atoms with Crippen LogP contribution in [-0.2, 0) is 0 Å². The topological polar surface area (TPSA) is 42.0 Å².